The first-order chi connectivity index (χ1) is 17.5. The maximum atomic E-state index is 13.2. The number of rotatable bonds is 6. The number of benzene rings is 3. The molecule has 1 amide bonds. The van der Waals surface area contributed by atoms with E-state index in [1.54, 1.807) is 0 Å². The fourth-order valence-corrected chi connectivity index (χ4v) is 4.45. The van der Waals surface area contributed by atoms with Gasteiger partial charge >= 0.3 is 0 Å². The number of nitrogens with zero attached hydrogens (tertiary/aromatic N) is 3. The predicted octanol–water partition coefficient (Wildman–Crippen LogP) is 5.53. The average Bonchev–Trinajstić information content (AvgIpc) is 2.92. The molecule has 1 saturated heterocycles. The Morgan fingerprint density at radius 1 is 0.861 bits per heavy atom. The zero-order valence-electron chi connectivity index (χ0n) is 20.4. The number of anilines is 1. The summed E-state index contributed by atoms with van der Waals surface area (Å²) in [5.74, 6) is 1.41. The molecule has 0 aromatic heterocycles. The van der Waals surface area contributed by atoms with Crippen molar-refractivity contribution in [3.05, 3.63) is 114 Å². The number of carbonyl (C=O) groups is 1. The highest BCUT2D eigenvalue weighted by molar-refractivity contribution is 5.97. The van der Waals surface area contributed by atoms with Gasteiger partial charge in [0.05, 0.1) is 5.57 Å². The van der Waals surface area contributed by atoms with E-state index in [2.05, 4.69) is 9.80 Å². The molecule has 0 radical (unpaired) electrons. The van der Waals surface area contributed by atoms with Crippen molar-refractivity contribution in [1.29, 1.82) is 0 Å². The Balaban J connectivity index is 1.17. The summed E-state index contributed by atoms with van der Waals surface area (Å²) in [7, 11) is 0. The predicted molar refractivity (Wildman–Crippen MR) is 141 cm³/mol. The lowest BCUT2D eigenvalue weighted by Crippen LogP contribution is -2.48. The number of piperazine rings is 1. The molecule has 36 heavy (non-hydrogen) atoms. The third-order valence-electron chi connectivity index (χ3n) is 6.55. The van der Waals surface area contributed by atoms with E-state index in [9.17, 15) is 9.18 Å². The molecule has 3 aromatic rings. The van der Waals surface area contributed by atoms with Crippen LogP contribution in [0.2, 0.25) is 0 Å². The summed E-state index contributed by atoms with van der Waals surface area (Å²) in [6, 6.07) is 22.5. The van der Waals surface area contributed by atoms with Gasteiger partial charge in [0, 0.05) is 51.2 Å². The van der Waals surface area contributed by atoms with Gasteiger partial charge in [0.1, 0.15) is 17.3 Å². The summed E-state index contributed by atoms with van der Waals surface area (Å²) in [5.41, 5.74) is 3.97. The van der Waals surface area contributed by atoms with Crippen molar-refractivity contribution in [2.45, 2.75) is 13.5 Å². The second-order valence-corrected chi connectivity index (χ2v) is 9.24. The van der Waals surface area contributed by atoms with Crippen LogP contribution in [0.25, 0.3) is 0 Å². The third kappa shape index (κ3) is 5.83. The van der Waals surface area contributed by atoms with Crippen LogP contribution in [-0.4, -0.2) is 48.4 Å². The first kappa shape index (κ1) is 23.8. The van der Waals surface area contributed by atoms with Crippen LogP contribution in [0.4, 0.5) is 10.1 Å². The van der Waals surface area contributed by atoms with Crippen LogP contribution in [0, 0.1) is 12.7 Å². The quantitative estimate of drug-likeness (QED) is 0.462. The van der Waals surface area contributed by atoms with Gasteiger partial charge in [0.2, 0.25) is 0 Å². The van der Waals surface area contributed by atoms with E-state index in [1.807, 2.05) is 90.8 Å². The van der Waals surface area contributed by atoms with Gasteiger partial charge < -0.3 is 14.5 Å². The highest BCUT2D eigenvalue weighted by atomic mass is 19.1. The monoisotopic (exact) mass is 483 g/mol. The molecule has 5 rings (SSSR count). The molecule has 3 aromatic carbocycles. The van der Waals surface area contributed by atoms with E-state index >= 15 is 0 Å². The normalized spacial score (nSPS) is 16.1. The second-order valence-electron chi connectivity index (χ2n) is 9.24. The molecule has 0 aliphatic carbocycles. The molecule has 2 heterocycles. The molecule has 0 saturated carbocycles. The van der Waals surface area contributed by atoms with Gasteiger partial charge in [-0.15, -0.1) is 0 Å². The van der Waals surface area contributed by atoms with Gasteiger partial charge in [0.25, 0.3) is 5.91 Å². The maximum absolute atomic E-state index is 13.2. The molecule has 0 spiro atoms. The maximum Gasteiger partial charge on any atom is 0.255 e. The Labute approximate surface area is 211 Å². The fourth-order valence-electron chi connectivity index (χ4n) is 4.45. The Kier molecular flexibility index (Phi) is 7.14. The number of hydrogen-bond donors (Lipinski definition) is 0. The molecule has 2 aliphatic rings. The SMILES string of the molecule is Cc1ccc(Oc2ccc(N3C=C(C(=O)N4CCN(Cc5ccc(F)cc5)CC4)C=CC3)cc2)cc1. The number of aryl methyl sites for hydroxylation is 1. The van der Waals surface area contributed by atoms with Crippen molar-refractivity contribution in [3.63, 3.8) is 0 Å². The minimum Gasteiger partial charge on any atom is -0.457 e. The zero-order chi connectivity index (χ0) is 24.9. The fraction of sp³-hybridized carbons (Fsp3) is 0.233. The van der Waals surface area contributed by atoms with Crippen molar-refractivity contribution in [2.24, 2.45) is 0 Å². The summed E-state index contributed by atoms with van der Waals surface area (Å²) in [6.07, 6.45) is 5.87. The molecule has 6 heteroatoms. The number of amides is 1. The molecule has 0 unspecified atom stereocenters. The zero-order valence-corrected chi connectivity index (χ0v) is 20.4. The number of halogens is 1. The average molecular weight is 484 g/mol. The second kappa shape index (κ2) is 10.8. The summed E-state index contributed by atoms with van der Waals surface area (Å²) < 4.78 is 19.1. The Bertz CT molecular complexity index is 1240. The Morgan fingerprint density at radius 3 is 2.17 bits per heavy atom. The van der Waals surface area contributed by atoms with E-state index in [4.69, 9.17) is 4.74 Å². The van der Waals surface area contributed by atoms with Gasteiger partial charge in [0.15, 0.2) is 0 Å². The van der Waals surface area contributed by atoms with Gasteiger partial charge in [-0.25, -0.2) is 4.39 Å². The van der Waals surface area contributed by atoms with Crippen LogP contribution in [-0.2, 0) is 11.3 Å². The molecule has 2 aliphatic heterocycles. The van der Waals surface area contributed by atoms with E-state index in [1.165, 1.54) is 17.7 Å². The van der Waals surface area contributed by atoms with Crippen LogP contribution < -0.4 is 9.64 Å². The molecular weight excluding hydrogens is 453 g/mol. The van der Waals surface area contributed by atoms with Crippen molar-refractivity contribution in [3.8, 4) is 11.5 Å². The molecule has 1 fully saturated rings. The van der Waals surface area contributed by atoms with Gasteiger partial charge in [-0.1, -0.05) is 42.0 Å². The van der Waals surface area contributed by atoms with Gasteiger partial charge in [-0.05, 0) is 61.0 Å². The van der Waals surface area contributed by atoms with E-state index in [-0.39, 0.29) is 11.7 Å². The minimum atomic E-state index is -0.219. The lowest BCUT2D eigenvalue weighted by Gasteiger charge is -2.35. The van der Waals surface area contributed by atoms with Crippen molar-refractivity contribution >= 4 is 11.6 Å². The van der Waals surface area contributed by atoms with Crippen molar-refractivity contribution in [2.75, 3.05) is 37.6 Å². The van der Waals surface area contributed by atoms with Gasteiger partial charge in [-0.3, -0.25) is 9.69 Å². The number of ether oxygens (including phenoxy) is 1. The van der Waals surface area contributed by atoms with E-state index < -0.39 is 0 Å². The van der Waals surface area contributed by atoms with Gasteiger partial charge in [-0.2, -0.15) is 0 Å². The summed E-state index contributed by atoms with van der Waals surface area (Å²) >= 11 is 0. The van der Waals surface area contributed by atoms with Crippen LogP contribution >= 0.6 is 0 Å². The Morgan fingerprint density at radius 2 is 1.50 bits per heavy atom. The van der Waals surface area contributed by atoms with E-state index in [0.717, 1.165) is 42.4 Å². The number of carbonyl (C=O) groups excluding carboxylic acids is 1. The highest BCUT2D eigenvalue weighted by Gasteiger charge is 2.24. The molecule has 0 N–H and O–H groups in total. The summed E-state index contributed by atoms with van der Waals surface area (Å²) in [4.78, 5) is 19.5. The van der Waals surface area contributed by atoms with Crippen LogP contribution in [0.5, 0.6) is 11.5 Å². The minimum absolute atomic E-state index is 0.0525. The molecule has 0 atom stereocenters. The van der Waals surface area contributed by atoms with Crippen LogP contribution in [0.1, 0.15) is 11.1 Å². The van der Waals surface area contributed by atoms with Crippen LogP contribution in [0.15, 0.2) is 96.7 Å². The topological polar surface area (TPSA) is 36.0 Å². The van der Waals surface area contributed by atoms with Crippen molar-refractivity contribution in [1.82, 2.24) is 9.80 Å². The largest absolute Gasteiger partial charge is 0.457 e. The standard InChI is InChI=1S/C30H30FN3O2/c1-23-4-12-28(13-5-23)36-29-14-10-27(11-15-29)34-16-2-3-25(22-34)30(35)33-19-17-32(18-20-33)21-24-6-8-26(31)9-7-24/h2-15,22H,16-21H2,1H3. The lowest BCUT2D eigenvalue weighted by molar-refractivity contribution is -0.128. The smallest absolute Gasteiger partial charge is 0.255 e. The molecular formula is C30H30FN3O2. The van der Waals surface area contributed by atoms with Crippen LogP contribution in [0.3, 0.4) is 0 Å². The molecule has 184 valence electrons. The number of hydrogen-bond acceptors (Lipinski definition) is 4. The van der Waals surface area contributed by atoms with E-state index in [0.29, 0.717) is 25.2 Å². The highest BCUT2D eigenvalue weighted by Crippen LogP contribution is 2.26. The lowest BCUT2D eigenvalue weighted by atomic mass is 10.1. The van der Waals surface area contributed by atoms with Crippen molar-refractivity contribution < 1.29 is 13.9 Å². The first-order valence-corrected chi connectivity index (χ1v) is 12.3. The molecule has 0 bridgehead atoms. The first-order valence-electron chi connectivity index (χ1n) is 12.3. The molecule has 5 nitrogen and oxygen atoms in total. The third-order valence-corrected chi connectivity index (χ3v) is 6.55. The Hall–Kier alpha value is -3.90. The summed E-state index contributed by atoms with van der Waals surface area (Å²) in [5, 5.41) is 0. The summed E-state index contributed by atoms with van der Waals surface area (Å²) in [6.45, 7) is 6.47.